The number of benzene rings is 3. The number of amides is 1. The van der Waals surface area contributed by atoms with Gasteiger partial charge in [-0.1, -0.05) is 30.3 Å². The number of carbonyl (C=O) groups is 2. The molecule has 30 heavy (non-hydrogen) atoms. The summed E-state index contributed by atoms with van der Waals surface area (Å²) in [5.74, 6) is -2.00. The third kappa shape index (κ3) is 5.40. The van der Waals surface area contributed by atoms with Crippen LogP contribution in [0.25, 0.3) is 10.8 Å². The van der Waals surface area contributed by atoms with Crippen LogP contribution >= 0.6 is 0 Å². The van der Waals surface area contributed by atoms with Gasteiger partial charge in [-0.3, -0.25) is 9.59 Å². The van der Waals surface area contributed by atoms with Gasteiger partial charge in [-0.05, 0) is 54.1 Å². The SMILES string of the molecule is C[C@H](OC(=O)CNS(=O)(=O)c1ccc2ccccc2c1)C(=O)Nc1ccc(F)cc1. The van der Waals surface area contributed by atoms with Crippen molar-refractivity contribution in [2.24, 2.45) is 0 Å². The van der Waals surface area contributed by atoms with E-state index in [9.17, 15) is 22.4 Å². The van der Waals surface area contributed by atoms with E-state index in [0.29, 0.717) is 5.69 Å². The second-order valence-corrected chi connectivity index (χ2v) is 8.23. The van der Waals surface area contributed by atoms with Crippen LogP contribution in [0.3, 0.4) is 0 Å². The van der Waals surface area contributed by atoms with Crippen molar-refractivity contribution >= 4 is 38.4 Å². The minimum absolute atomic E-state index is 0.0103. The molecule has 0 radical (unpaired) electrons. The van der Waals surface area contributed by atoms with Crippen LogP contribution in [0.4, 0.5) is 10.1 Å². The van der Waals surface area contributed by atoms with Gasteiger partial charge in [0.1, 0.15) is 12.4 Å². The number of hydrogen-bond acceptors (Lipinski definition) is 5. The van der Waals surface area contributed by atoms with Gasteiger partial charge in [-0.15, -0.1) is 0 Å². The van der Waals surface area contributed by atoms with Crippen molar-refractivity contribution in [3.63, 3.8) is 0 Å². The summed E-state index contributed by atoms with van der Waals surface area (Å²) in [6.45, 7) is 0.706. The maximum absolute atomic E-state index is 12.9. The zero-order valence-electron chi connectivity index (χ0n) is 16.0. The van der Waals surface area contributed by atoms with Crippen LogP contribution < -0.4 is 10.0 Å². The number of esters is 1. The molecule has 9 heteroatoms. The van der Waals surface area contributed by atoms with Crippen molar-refractivity contribution in [1.29, 1.82) is 0 Å². The number of ether oxygens (including phenoxy) is 1. The first kappa shape index (κ1) is 21.4. The summed E-state index contributed by atoms with van der Waals surface area (Å²) in [6, 6.07) is 17.0. The molecule has 0 aliphatic heterocycles. The highest BCUT2D eigenvalue weighted by Crippen LogP contribution is 2.18. The third-order valence-electron chi connectivity index (χ3n) is 4.23. The quantitative estimate of drug-likeness (QED) is 0.562. The molecule has 0 fully saturated rings. The Balaban J connectivity index is 1.55. The lowest BCUT2D eigenvalue weighted by Crippen LogP contribution is -2.35. The molecule has 0 spiro atoms. The van der Waals surface area contributed by atoms with E-state index >= 15 is 0 Å². The highest BCUT2D eigenvalue weighted by Gasteiger charge is 2.21. The van der Waals surface area contributed by atoms with E-state index < -0.39 is 40.4 Å². The molecule has 156 valence electrons. The summed E-state index contributed by atoms with van der Waals surface area (Å²) >= 11 is 0. The summed E-state index contributed by atoms with van der Waals surface area (Å²) in [7, 11) is -3.94. The molecule has 0 saturated heterocycles. The van der Waals surface area contributed by atoms with Crippen molar-refractivity contribution in [3.05, 3.63) is 72.5 Å². The molecule has 0 saturated carbocycles. The fourth-order valence-corrected chi connectivity index (χ4v) is 3.65. The van der Waals surface area contributed by atoms with E-state index in [1.165, 1.54) is 43.3 Å². The average molecular weight is 430 g/mol. The van der Waals surface area contributed by atoms with Crippen LogP contribution in [0.5, 0.6) is 0 Å². The number of hydrogen-bond donors (Lipinski definition) is 2. The Kier molecular flexibility index (Phi) is 6.43. The van der Waals surface area contributed by atoms with Gasteiger partial charge >= 0.3 is 5.97 Å². The van der Waals surface area contributed by atoms with E-state index in [-0.39, 0.29) is 4.90 Å². The number of anilines is 1. The highest BCUT2D eigenvalue weighted by molar-refractivity contribution is 7.89. The monoisotopic (exact) mass is 430 g/mol. The molecule has 1 amide bonds. The first-order valence-corrected chi connectivity index (χ1v) is 10.5. The first-order chi connectivity index (χ1) is 14.2. The van der Waals surface area contributed by atoms with Gasteiger partial charge in [-0.25, -0.2) is 12.8 Å². The largest absolute Gasteiger partial charge is 0.452 e. The summed E-state index contributed by atoms with van der Waals surface area (Å²) in [5.41, 5.74) is 0.335. The molecule has 0 aliphatic carbocycles. The molecular weight excluding hydrogens is 411 g/mol. The van der Waals surface area contributed by atoms with Crippen LogP contribution in [0, 0.1) is 5.82 Å². The summed E-state index contributed by atoms with van der Waals surface area (Å²) in [6.07, 6.45) is -1.17. The molecular formula is C21H19FN2O5S. The Bertz CT molecular complexity index is 1180. The van der Waals surface area contributed by atoms with Gasteiger partial charge in [0.2, 0.25) is 10.0 Å². The van der Waals surface area contributed by atoms with Crippen LogP contribution in [-0.2, 0) is 24.3 Å². The molecule has 3 aromatic carbocycles. The third-order valence-corrected chi connectivity index (χ3v) is 5.63. The molecule has 0 aromatic heterocycles. The second-order valence-electron chi connectivity index (χ2n) is 6.46. The molecule has 3 rings (SSSR count). The zero-order valence-corrected chi connectivity index (χ0v) is 16.8. The highest BCUT2D eigenvalue weighted by atomic mass is 32.2. The van der Waals surface area contributed by atoms with Gasteiger partial charge in [-0.2, -0.15) is 4.72 Å². The fourth-order valence-electron chi connectivity index (χ4n) is 2.64. The van der Waals surface area contributed by atoms with E-state index in [2.05, 4.69) is 10.0 Å². The average Bonchev–Trinajstić information content (AvgIpc) is 2.73. The lowest BCUT2D eigenvalue weighted by Gasteiger charge is -2.14. The number of sulfonamides is 1. The molecule has 1 atom stereocenters. The zero-order chi connectivity index (χ0) is 21.7. The fraction of sp³-hybridized carbons (Fsp3) is 0.143. The predicted molar refractivity (Wildman–Crippen MR) is 110 cm³/mol. The summed E-state index contributed by atoms with van der Waals surface area (Å²) < 4.78 is 44.9. The van der Waals surface area contributed by atoms with Gasteiger partial charge in [0.15, 0.2) is 6.10 Å². The van der Waals surface area contributed by atoms with Crippen LogP contribution in [0.2, 0.25) is 0 Å². The molecule has 0 heterocycles. The van der Waals surface area contributed by atoms with Crippen molar-refractivity contribution in [3.8, 4) is 0 Å². The van der Waals surface area contributed by atoms with Crippen LogP contribution in [0.1, 0.15) is 6.92 Å². The number of nitrogens with one attached hydrogen (secondary N) is 2. The molecule has 7 nitrogen and oxygen atoms in total. The van der Waals surface area contributed by atoms with Gasteiger partial charge < -0.3 is 10.1 Å². The Morgan fingerprint density at radius 3 is 2.37 bits per heavy atom. The normalized spacial score (nSPS) is 12.3. The van der Waals surface area contributed by atoms with Crippen LogP contribution in [0.15, 0.2) is 71.6 Å². The standard InChI is InChI=1S/C21H19FN2O5S/c1-14(21(26)24-18-9-7-17(22)8-10-18)29-20(25)13-23-30(27,28)19-11-6-15-4-2-3-5-16(15)12-19/h2-12,14,23H,13H2,1H3,(H,24,26)/t14-/m0/s1. The number of rotatable bonds is 7. The van der Waals surface area contributed by atoms with E-state index in [1.807, 2.05) is 12.1 Å². The molecule has 2 N–H and O–H groups in total. The minimum Gasteiger partial charge on any atom is -0.452 e. The van der Waals surface area contributed by atoms with Gasteiger partial charge in [0.05, 0.1) is 4.90 Å². The lowest BCUT2D eigenvalue weighted by molar-refractivity contribution is -0.151. The lowest BCUT2D eigenvalue weighted by atomic mass is 10.1. The first-order valence-electron chi connectivity index (χ1n) is 8.99. The molecule has 0 aliphatic rings. The molecule has 0 unspecified atom stereocenters. The van der Waals surface area contributed by atoms with Gasteiger partial charge in [0, 0.05) is 5.69 Å². The second kappa shape index (κ2) is 9.02. The van der Waals surface area contributed by atoms with Gasteiger partial charge in [0.25, 0.3) is 5.91 Å². The van der Waals surface area contributed by atoms with Crippen molar-refractivity contribution < 1.29 is 27.1 Å². The Morgan fingerprint density at radius 2 is 1.67 bits per heavy atom. The predicted octanol–water partition coefficient (Wildman–Crippen LogP) is 2.83. The van der Waals surface area contributed by atoms with Crippen molar-refractivity contribution in [2.45, 2.75) is 17.9 Å². The van der Waals surface area contributed by atoms with Crippen molar-refractivity contribution in [1.82, 2.24) is 4.72 Å². The summed E-state index contributed by atoms with van der Waals surface area (Å²) in [4.78, 5) is 24.0. The van der Waals surface area contributed by atoms with Crippen LogP contribution in [-0.4, -0.2) is 32.9 Å². The summed E-state index contributed by atoms with van der Waals surface area (Å²) in [5, 5.41) is 4.10. The Hall–Kier alpha value is -3.30. The van der Waals surface area contributed by atoms with E-state index in [1.54, 1.807) is 18.2 Å². The van der Waals surface area contributed by atoms with E-state index in [4.69, 9.17) is 4.74 Å². The minimum atomic E-state index is -3.94. The number of halogens is 1. The maximum atomic E-state index is 12.9. The maximum Gasteiger partial charge on any atom is 0.321 e. The molecule has 0 bridgehead atoms. The van der Waals surface area contributed by atoms with Crippen molar-refractivity contribution in [2.75, 3.05) is 11.9 Å². The molecule has 3 aromatic rings. The Labute approximate surface area is 172 Å². The van der Waals surface area contributed by atoms with E-state index in [0.717, 1.165) is 10.8 Å². The smallest absolute Gasteiger partial charge is 0.321 e. The number of fused-ring (bicyclic) bond motifs is 1. The topological polar surface area (TPSA) is 102 Å². The number of carbonyl (C=O) groups excluding carboxylic acids is 2. The Morgan fingerprint density at radius 1 is 1.00 bits per heavy atom.